The summed E-state index contributed by atoms with van der Waals surface area (Å²) in [6.45, 7) is 0. The number of rotatable bonds is 4. The van der Waals surface area contributed by atoms with Crippen molar-refractivity contribution in [2.45, 2.75) is 50.7 Å². The highest BCUT2D eigenvalue weighted by Gasteiger charge is 2.24. The molecule has 94 valence electrons. The Bertz CT molecular complexity index is 350. The van der Waals surface area contributed by atoms with Gasteiger partial charge in [-0.3, -0.25) is 4.79 Å². The molecule has 1 aliphatic carbocycles. The minimum absolute atomic E-state index is 0.0290. The van der Waals surface area contributed by atoms with Crippen molar-refractivity contribution in [1.29, 1.82) is 0 Å². The fraction of sp³-hybridized carbons (Fsp3) is 0.615. The molecule has 1 aromatic heterocycles. The molecule has 1 heterocycles. The van der Waals surface area contributed by atoms with Gasteiger partial charge in [-0.05, 0) is 41.7 Å². The molecule has 1 amide bonds. The van der Waals surface area contributed by atoms with Crippen molar-refractivity contribution in [2.75, 3.05) is 0 Å². The van der Waals surface area contributed by atoms with Gasteiger partial charge in [0.05, 0.1) is 12.1 Å². The lowest BCUT2D eigenvalue weighted by Gasteiger charge is -2.28. The highest BCUT2D eigenvalue weighted by atomic mass is 32.1. The summed E-state index contributed by atoms with van der Waals surface area (Å²) >= 11 is 1.66. The largest absolute Gasteiger partial charge is 0.391 e. The van der Waals surface area contributed by atoms with Crippen molar-refractivity contribution in [2.24, 2.45) is 0 Å². The molecule has 1 aromatic rings. The minimum atomic E-state index is -0.353. The van der Waals surface area contributed by atoms with Crippen LogP contribution in [0.25, 0.3) is 0 Å². The summed E-state index contributed by atoms with van der Waals surface area (Å²) in [6.07, 6.45) is 4.85. The van der Waals surface area contributed by atoms with E-state index >= 15 is 0 Å². The van der Waals surface area contributed by atoms with Crippen LogP contribution < -0.4 is 5.32 Å². The van der Waals surface area contributed by atoms with Crippen LogP contribution in [0.1, 0.15) is 37.7 Å². The quantitative estimate of drug-likeness (QED) is 0.863. The van der Waals surface area contributed by atoms with E-state index in [1.54, 1.807) is 11.3 Å². The maximum Gasteiger partial charge on any atom is 0.220 e. The van der Waals surface area contributed by atoms with Gasteiger partial charge in [0.2, 0.25) is 5.91 Å². The number of hydrogen-bond acceptors (Lipinski definition) is 3. The Hall–Kier alpha value is -0.870. The Morgan fingerprint density at radius 1 is 1.47 bits per heavy atom. The van der Waals surface area contributed by atoms with Crippen molar-refractivity contribution < 1.29 is 9.90 Å². The lowest BCUT2D eigenvalue weighted by atomic mass is 9.92. The second-order valence-electron chi connectivity index (χ2n) is 4.66. The molecule has 1 saturated carbocycles. The van der Waals surface area contributed by atoms with Gasteiger partial charge >= 0.3 is 0 Å². The summed E-state index contributed by atoms with van der Waals surface area (Å²) < 4.78 is 0. The number of aliphatic hydroxyl groups is 1. The van der Waals surface area contributed by atoms with Gasteiger partial charge < -0.3 is 10.4 Å². The fourth-order valence-corrected chi connectivity index (χ4v) is 2.95. The van der Waals surface area contributed by atoms with E-state index in [1.165, 1.54) is 5.56 Å². The molecule has 1 fully saturated rings. The number of hydrogen-bond donors (Lipinski definition) is 2. The van der Waals surface area contributed by atoms with E-state index in [2.05, 4.69) is 10.7 Å². The maximum absolute atomic E-state index is 11.7. The Morgan fingerprint density at radius 2 is 2.29 bits per heavy atom. The first-order chi connectivity index (χ1) is 8.25. The molecule has 2 rings (SSSR count). The zero-order valence-electron chi connectivity index (χ0n) is 9.89. The molecule has 0 spiro atoms. The van der Waals surface area contributed by atoms with Crippen molar-refractivity contribution in [3.05, 3.63) is 22.4 Å². The minimum Gasteiger partial charge on any atom is -0.391 e. The van der Waals surface area contributed by atoms with Crippen LogP contribution in [0.3, 0.4) is 0 Å². The molecule has 0 bridgehead atoms. The third-order valence-corrected chi connectivity index (χ3v) is 4.03. The summed E-state index contributed by atoms with van der Waals surface area (Å²) in [5, 5.41) is 16.8. The normalized spacial score (nSPS) is 24.5. The summed E-state index contributed by atoms with van der Waals surface area (Å²) in [6, 6.07) is 2.02. The van der Waals surface area contributed by atoms with E-state index in [0.717, 1.165) is 32.1 Å². The zero-order chi connectivity index (χ0) is 12.1. The highest BCUT2D eigenvalue weighted by molar-refractivity contribution is 7.07. The van der Waals surface area contributed by atoms with E-state index in [-0.39, 0.29) is 18.1 Å². The molecular weight excluding hydrogens is 234 g/mol. The Morgan fingerprint density at radius 3 is 3.00 bits per heavy atom. The average molecular weight is 253 g/mol. The van der Waals surface area contributed by atoms with Crippen molar-refractivity contribution >= 4 is 17.2 Å². The summed E-state index contributed by atoms with van der Waals surface area (Å²) in [5.41, 5.74) is 1.22. The number of nitrogens with one attached hydrogen (secondary N) is 1. The number of thiophene rings is 1. The maximum atomic E-state index is 11.7. The number of aliphatic hydroxyl groups excluding tert-OH is 1. The molecule has 4 heteroatoms. The van der Waals surface area contributed by atoms with Crippen LogP contribution in [-0.2, 0) is 11.2 Å². The van der Waals surface area contributed by atoms with Crippen LogP contribution >= 0.6 is 11.3 Å². The first-order valence-corrected chi connectivity index (χ1v) is 7.18. The van der Waals surface area contributed by atoms with E-state index in [9.17, 15) is 9.90 Å². The molecule has 0 radical (unpaired) electrons. The highest BCUT2D eigenvalue weighted by Crippen LogP contribution is 2.18. The molecule has 0 aromatic carbocycles. The Balaban J connectivity index is 1.73. The van der Waals surface area contributed by atoms with Crippen LogP contribution in [0.2, 0.25) is 0 Å². The first kappa shape index (κ1) is 12.6. The summed E-state index contributed by atoms with van der Waals surface area (Å²) in [5.74, 6) is 0.0575. The van der Waals surface area contributed by atoms with Crippen molar-refractivity contribution in [1.82, 2.24) is 5.32 Å². The molecule has 2 N–H and O–H groups in total. The zero-order valence-corrected chi connectivity index (χ0v) is 10.7. The molecule has 0 aliphatic heterocycles. The van der Waals surface area contributed by atoms with Crippen LogP contribution in [-0.4, -0.2) is 23.2 Å². The van der Waals surface area contributed by atoms with Crippen molar-refractivity contribution in [3.8, 4) is 0 Å². The molecule has 2 unspecified atom stereocenters. The monoisotopic (exact) mass is 253 g/mol. The summed E-state index contributed by atoms with van der Waals surface area (Å²) in [7, 11) is 0. The molecule has 2 atom stereocenters. The number of amides is 1. The molecule has 0 saturated heterocycles. The third kappa shape index (κ3) is 3.82. The molecule has 1 aliphatic rings. The van der Waals surface area contributed by atoms with Gasteiger partial charge in [-0.25, -0.2) is 0 Å². The number of aryl methyl sites for hydroxylation is 1. The van der Waals surface area contributed by atoms with Crippen molar-refractivity contribution in [3.63, 3.8) is 0 Å². The lowest BCUT2D eigenvalue weighted by molar-refractivity contribution is -0.123. The van der Waals surface area contributed by atoms with E-state index in [4.69, 9.17) is 0 Å². The molecule has 17 heavy (non-hydrogen) atoms. The van der Waals surface area contributed by atoms with E-state index < -0.39 is 0 Å². The van der Waals surface area contributed by atoms with Gasteiger partial charge in [0.15, 0.2) is 0 Å². The van der Waals surface area contributed by atoms with Gasteiger partial charge in [-0.15, -0.1) is 0 Å². The van der Waals surface area contributed by atoms with Gasteiger partial charge in [0, 0.05) is 6.42 Å². The SMILES string of the molecule is O=C(CCc1ccsc1)NC1CCCCC1O. The standard InChI is InChI=1S/C13H19NO2S/c15-12-4-2-1-3-11(12)14-13(16)6-5-10-7-8-17-9-10/h7-9,11-12,15H,1-6H2,(H,14,16). The van der Waals surface area contributed by atoms with Crippen LogP contribution in [0, 0.1) is 0 Å². The van der Waals surface area contributed by atoms with Gasteiger partial charge in [0.25, 0.3) is 0 Å². The van der Waals surface area contributed by atoms with E-state index in [1.807, 2.05) is 11.4 Å². The lowest BCUT2D eigenvalue weighted by Crippen LogP contribution is -2.45. The van der Waals surface area contributed by atoms with Crippen LogP contribution in [0.5, 0.6) is 0 Å². The number of carbonyl (C=O) groups excluding carboxylic acids is 1. The molecule has 3 nitrogen and oxygen atoms in total. The first-order valence-electron chi connectivity index (χ1n) is 6.24. The van der Waals surface area contributed by atoms with E-state index in [0.29, 0.717) is 6.42 Å². The Kier molecular flexibility index (Phi) is 4.57. The predicted molar refractivity (Wildman–Crippen MR) is 69.0 cm³/mol. The second-order valence-corrected chi connectivity index (χ2v) is 5.44. The second kappa shape index (κ2) is 6.17. The van der Waals surface area contributed by atoms with Gasteiger partial charge in [0.1, 0.15) is 0 Å². The van der Waals surface area contributed by atoms with Gasteiger partial charge in [-0.1, -0.05) is 12.8 Å². The van der Waals surface area contributed by atoms with Crippen LogP contribution in [0.15, 0.2) is 16.8 Å². The smallest absolute Gasteiger partial charge is 0.220 e. The third-order valence-electron chi connectivity index (χ3n) is 3.30. The van der Waals surface area contributed by atoms with Crippen LogP contribution in [0.4, 0.5) is 0 Å². The topological polar surface area (TPSA) is 49.3 Å². The Labute approximate surface area is 106 Å². The number of carbonyl (C=O) groups is 1. The molecular formula is C13H19NO2S. The van der Waals surface area contributed by atoms with Gasteiger partial charge in [-0.2, -0.15) is 11.3 Å². The average Bonchev–Trinajstić information content (AvgIpc) is 2.82. The summed E-state index contributed by atoms with van der Waals surface area (Å²) in [4.78, 5) is 11.7. The predicted octanol–water partition coefficient (Wildman–Crippen LogP) is 2.10. The fourth-order valence-electron chi connectivity index (χ4n) is 2.25.